The zero-order chi connectivity index (χ0) is 8.39. The highest BCUT2D eigenvalue weighted by atomic mass is 32.1. The van der Waals surface area contributed by atoms with E-state index in [2.05, 4.69) is 24.3 Å². The van der Waals surface area contributed by atoms with Crippen molar-refractivity contribution in [2.75, 3.05) is 0 Å². The molecule has 2 heterocycles. The van der Waals surface area contributed by atoms with E-state index in [1.807, 2.05) is 0 Å². The summed E-state index contributed by atoms with van der Waals surface area (Å²) in [6, 6.07) is -0.442. The third kappa shape index (κ3) is 1.19. The Balaban J connectivity index is 2.27. The lowest BCUT2D eigenvalue weighted by molar-refractivity contribution is 0.407. The summed E-state index contributed by atoms with van der Waals surface area (Å²) in [6.07, 6.45) is 1.23. The molecule has 0 aliphatic carbocycles. The topological polar surface area (TPSA) is 90.7 Å². The van der Waals surface area contributed by atoms with Gasteiger partial charge in [0.1, 0.15) is 11.7 Å². The zero-order valence-electron chi connectivity index (χ0n) is 5.91. The van der Waals surface area contributed by atoms with Crippen LogP contribution in [0.4, 0.5) is 0 Å². The fourth-order valence-corrected chi connectivity index (χ4v) is 1.25. The Hall–Kier alpha value is -1.34. The third-order valence-corrected chi connectivity index (χ3v) is 1.87. The minimum absolute atomic E-state index is 0.419. The van der Waals surface area contributed by atoms with Crippen molar-refractivity contribution in [1.82, 2.24) is 19.7 Å². The van der Waals surface area contributed by atoms with Crippen LogP contribution in [0.1, 0.15) is 17.6 Å². The molecule has 6 nitrogen and oxygen atoms in total. The first kappa shape index (κ1) is 7.32. The molecular weight excluding hydrogens is 178 g/mol. The van der Waals surface area contributed by atoms with Crippen LogP contribution in [0, 0.1) is 0 Å². The lowest BCUT2D eigenvalue weighted by Gasteiger charge is -1.99. The summed E-state index contributed by atoms with van der Waals surface area (Å²) in [7, 11) is 0. The van der Waals surface area contributed by atoms with E-state index in [1.165, 1.54) is 17.9 Å². The van der Waals surface area contributed by atoms with Crippen LogP contribution in [-0.2, 0) is 0 Å². The van der Waals surface area contributed by atoms with Crippen LogP contribution in [0.5, 0.6) is 0 Å². The van der Waals surface area contributed by atoms with Gasteiger partial charge in [-0.25, -0.2) is 0 Å². The van der Waals surface area contributed by atoms with Gasteiger partial charge in [0.05, 0.1) is 0 Å². The van der Waals surface area contributed by atoms with E-state index in [0.29, 0.717) is 11.5 Å². The van der Waals surface area contributed by atoms with Crippen molar-refractivity contribution in [2.24, 2.45) is 5.73 Å². The first-order valence-corrected chi connectivity index (χ1v) is 4.00. The predicted octanol–water partition coefficient (Wildman–Crippen LogP) is -0.0308. The number of nitrogens with two attached hydrogens (primary N) is 1. The molecule has 0 saturated heterocycles. The fraction of sp³-hybridized carbons (Fsp3) is 0.200. The van der Waals surface area contributed by atoms with E-state index in [1.54, 1.807) is 5.38 Å². The molecule has 7 heteroatoms. The second-order valence-electron chi connectivity index (χ2n) is 2.10. The molecule has 0 radical (unpaired) electrons. The number of hydrogen-bond acceptors (Lipinski definition) is 7. The summed E-state index contributed by atoms with van der Waals surface area (Å²) >= 11 is 1.24. The van der Waals surface area contributed by atoms with E-state index in [4.69, 9.17) is 5.73 Å². The van der Waals surface area contributed by atoms with Gasteiger partial charge < -0.3 is 10.3 Å². The van der Waals surface area contributed by atoms with Gasteiger partial charge in [0, 0.05) is 5.38 Å². The average molecular weight is 183 g/mol. The Morgan fingerprint density at radius 3 is 3.08 bits per heavy atom. The van der Waals surface area contributed by atoms with Crippen LogP contribution >= 0.6 is 11.5 Å². The van der Waals surface area contributed by atoms with Gasteiger partial charge in [0.25, 0.3) is 0 Å². The molecule has 0 saturated carbocycles. The second-order valence-corrected chi connectivity index (χ2v) is 2.71. The van der Waals surface area contributed by atoms with E-state index in [-0.39, 0.29) is 0 Å². The molecule has 0 spiro atoms. The van der Waals surface area contributed by atoms with Crippen molar-refractivity contribution in [3.05, 3.63) is 23.3 Å². The number of hydrogen-bond donors (Lipinski definition) is 1. The first-order chi connectivity index (χ1) is 5.88. The molecule has 2 aromatic rings. The van der Waals surface area contributed by atoms with Crippen molar-refractivity contribution in [2.45, 2.75) is 6.04 Å². The molecule has 62 valence electrons. The van der Waals surface area contributed by atoms with Gasteiger partial charge in [-0.1, -0.05) is 9.64 Å². The molecule has 2 aromatic heterocycles. The lowest BCUT2D eigenvalue weighted by atomic mass is 10.2. The van der Waals surface area contributed by atoms with Gasteiger partial charge in [-0.2, -0.15) is 4.98 Å². The maximum absolute atomic E-state index is 5.72. The Morgan fingerprint density at radius 1 is 1.58 bits per heavy atom. The van der Waals surface area contributed by atoms with E-state index < -0.39 is 6.04 Å². The van der Waals surface area contributed by atoms with Crippen molar-refractivity contribution in [1.29, 1.82) is 0 Å². The van der Waals surface area contributed by atoms with E-state index in [0.717, 1.165) is 0 Å². The minimum atomic E-state index is -0.442. The molecular formula is C5H5N5OS. The Kier molecular flexibility index (Phi) is 1.80. The smallest absolute Gasteiger partial charge is 0.213 e. The van der Waals surface area contributed by atoms with Gasteiger partial charge in [0.15, 0.2) is 5.82 Å². The van der Waals surface area contributed by atoms with Gasteiger partial charge >= 0.3 is 0 Å². The van der Waals surface area contributed by atoms with Gasteiger partial charge in [-0.15, -0.1) is 5.10 Å². The van der Waals surface area contributed by atoms with Crippen LogP contribution in [0.3, 0.4) is 0 Å². The van der Waals surface area contributed by atoms with Crippen molar-refractivity contribution in [3.8, 4) is 0 Å². The largest absolute Gasteiger partial charge is 0.343 e. The quantitative estimate of drug-likeness (QED) is 0.703. The highest BCUT2D eigenvalue weighted by molar-refractivity contribution is 7.03. The molecule has 0 aromatic carbocycles. The fourth-order valence-electron chi connectivity index (χ4n) is 0.755. The van der Waals surface area contributed by atoms with Crippen LogP contribution in [0.25, 0.3) is 0 Å². The molecule has 1 unspecified atom stereocenters. The molecule has 0 amide bonds. The number of nitrogens with zero attached hydrogens (tertiary/aromatic N) is 4. The summed E-state index contributed by atoms with van der Waals surface area (Å²) in [6.45, 7) is 0. The normalized spacial score (nSPS) is 13.1. The summed E-state index contributed by atoms with van der Waals surface area (Å²) in [5, 5.41) is 9.14. The van der Waals surface area contributed by atoms with Gasteiger partial charge in [-0.3, -0.25) is 0 Å². The summed E-state index contributed by atoms with van der Waals surface area (Å²) in [5.41, 5.74) is 6.38. The molecule has 2 rings (SSSR count). The van der Waals surface area contributed by atoms with E-state index in [9.17, 15) is 0 Å². The van der Waals surface area contributed by atoms with Crippen molar-refractivity contribution < 1.29 is 4.52 Å². The number of rotatable bonds is 2. The molecule has 0 aliphatic heterocycles. The predicted molar refractivity (Wildman–Crippen MR) is 40.2 cm³/mol. The molecule has 12 heavy (non-hydrogen) atoms. The lowest BCUT2D eigenvalue weighted by Crippen LogP contribution is -2.13. The Morgan fingerprint density at radius 2 is 2.50 bits per heavy atom. The standard InChI is InChI=1S/C5H5N5OS/c6-4(3-1-12-10-8-3)5-7-2-11-9-5/h1-2,4H,6H2. The third-order valence-electron chi connectivity index (χ3n) is 1.35. The van der Waals surface area contributed by atoms with Crippen LogP contribution in [-0.4, -0.2) is 19.7 Å². The molecule has 1 atom stereocenters. The zero-order valence-corrected chi connectivity index (χ0v) is 6.73. The maximum Gasteiger partial charge on any atom is 0.213 e. The molecule has 0 aliphatic rings. The van der Waals surface area contributed by atoms with Crippen LogP contribution < -0.4 is 5.73 Å². The van der Waals surface area contributed by atoms with Crippen LogP contribution in [0.2, 0.25) is 0 Å². The van der Waals surface area contributed by atoms with Gasteiger partial charge in [-0.05, 0) is 11.5 Å². The average Bonchev–Trinajstić information content (AvgIpc) is 2.77. The SMILES string of the molecule is NC(c1csnn1)c1ncon1. The Bertz CT molecular complexity index is 296. The van der Waals surface area contributed by atoms with E-state index >= 15 is 0 Å². The molecule has 2 N–H and O–H groups in total. The molecule has 0 fully saturated rings. The maximum atomic E-state index is 5.72. The molecule has 0 bridgehead atoms. The highest BCUT2D eigenvalue weighted by Crippen LogP contribution is 2.13. The monoisotopic (exact) mass is 183 g/mol. The minimum Gasteiger partial charge on any atom is -0.343 e. The van der Waals surface area contributed by atoms with Crippen LogP contribution in [0.15, 0.2) is 16.3 Å². The second kappa shape index (κ2) is 2.95. The van der Waals surface area contributed by atoms with Crippen molar-refractivity contribution in [3.63, 3.8) is 0 Å². The van der Waals surface area contributed by atoms with Gasteiger partial charge in [0.2, 0.25) is 6.39 Å². The highest BCUT2D eigenvalue weighted by Gasteiger charge is 2.15. The first-order valence-electron chi connectivity index (χ1n) is 3.16. The number of aromatic nitrogens is 4. The summed E-state index contributed by atoms with van der Waals surface area (Å²) in [4.78, 5) is 3.81. The Labute approximate surface area is 71.6 Å². The van der Waals surface area contributed by atoms with Crippen molar-refractivity contribution >= 4 is 11.5 Å². The summed E-state index contributed by atoms with van der Waals surface area (Å²) in [5.74, 6) is 0.419. The summed E-state index contributed by atoms with van der Waals surface area (Å²) < 4.78 is 8.23.